The lowest BCUT2D eigenvalue weighted by Crippen LogP contribution is -2.52. The average Bonchev–Trinajstić information content (AvgIpc) is 3.04. The molecule has 0 bridgehead atoms. The van der Waals surface area contributed by atoms with Crippen molar-refractivity contribution in [1.82, 2.24) is 10.2 Å². The van der Waals surface area contributed by atoms with Crippen molar-refractivity contribution in [3.63, 3.8) is 0 Å². The molecule has 1 heterocycles. The summed E-state index contributed by atoms with van der Waals surface area (Å²) in [5, 5.41) is 3.00. The molecule has 0 aromatic heterocycles. The number of hydrogen-bond donors (Lipinski definition) is 1. The first-order valence-corrected chi connectivity index (χ1v) is 8.34. The summed E-state index contributed by atoms with van der Waals surface area (Å²) in [5.41, 5.74) is 0. The quantitative estimate of drug-likeness (QED) is 0.794. The minimum Gasteiger partial charge on any atom is -0.453 e. The van der Waals surface area contributed by atoms with Crippen LogP contribution in [-0.4, -0.2) is 43.1 Å². The molecule has 120 valence electrons. The second-order valence-electron chi connectivity index (χ2n) is 6.26. The molecule has 1 atom stereocenters. The van der Waals surface area contributed by atoms with E-state index in [2.05, 4.69) is 5.32 Å². The smallest absolute Gasteiger partial charge is 0.410 e. The second kappa shape index (κ2) is 8.25. The fourth-order valence-electron chi connectivity index (χ4n) is 3.56. The molecular weight excluding hydrogens is 268 g/mol. The molecule has 1 aliphatic heterocycles. The summed E-state index contributed by atoms with van der Waals surface area (Å²) in [6.45, 7) is 1.34. The van der Waals surface area contributed by atoms with Gasteiger partial charge in [0.1, 0.15) is 6.04 Å². The lowest BCUT2D eigenvalue weighted by molar-refractivity contribution is -0.127. The molecule has 1 saturated carbocycles. The summed E-state index contributed by atoms with van der Waals surface area (Å²) in [4.78, 5) is 25.5. The molecule has 2 aliphatic rings. The summed E-state index contributed by atoms with van der Waals surface area (Å²) in [7, 11) is 1.37. The molecule has 0 radical (unpaired) electrons. The maximum atomic E-state index is 12.3. The highest BCUT2D eigenvalue weighted by Crippen LogP contribution is 2.28. The molecule has 5 nitrogen and oxygen atoms in total. The van der Waals surface area contributed by atoms with Gasteiger partial charge >= 0.3 is 6.09 Å². The van der Waals surface area contributed by atoms with E-state index in [1.165, 1.54) is 39.2 Å². The zero-order chi connectivity index (χ0) is 15.1. The molecule has 5 heteroatoms. The van der Waals surface area contributed by atoms with Gasteiger partial charge in [-0.25, -0.2) is 4.79 Å². The van der Waals surface area contributed by atoms with Crippen molar-refractivity contribution < 1.29 is 14.3 Å². The minimum absolute atomic E-state index is 0.0217. The van der Waals surface area contributed by atoms with Crippen LogP contribution in [0.5, 0.6) is 0 Å². The van der Waals surface area contributed by atoms with E-state index in [9.17, 15) is 9.59 Å². The number of carbonyl (C=O) groups excluding carboxylic acids is 2. The van der Waals surface area contributed by atoms with Gasteiger partial charge in [0.15, 0.2) is 0 Å². The van der Waals surface area contributed by atoms with Crippen molar-refractivity contribution in [1.29, 1.82) is 0 Å². The van der Waals surface area contributed by atoms with Crippen LogP contribution in [0.2, 0.25) is 0 Å². The zero-order valence-corrected chi connectivity index (χ0v) is 13.1. The van der Waals surface area contributed by atoms with Gasteiger partial charge in [-0.15, -0.1) is 0 Å². The molecule has 2 fully saturated rings. The minimum atomic E-state index is -0.388. The Morgan fingerprint density at radius 2 is 1.86 bits per heavy atom. The van der Waals surface area contributed by atoms with Crippen LogP contribution in [0, 0.1) is 5.92 Å². The number of methoxy groups -OCH3 is 1. The second-order valence-corrected chi connectivity index (χ2v) is 6.26. The lowest BCUT2D eigenvalue weighted by atomic mass is 10.0. The van der Waals surface area contributed by atoms with Gasteiger partial charge in [-0.05, 0) is 38.0 Å². The Bertz CT molecular complexity index is 353. The van der Waals surface area contributed by atoms with E-state index in [1.807, 2.05) is 0 Å². The van der Waals surface area contributed by atoms with Crippen LogP contribution in [0.25, 0.3) is 0 Å². The van der Waals surface area contributed by atoms with Crippen LogP contribution >= 0.6 is 0 Å². The fraction of sp³-hybridized carbons (Fsp3) is 0.875. The van der Waals surface area contributed by atoms with E-state index in [-0.39, 0.29) is 18.0 Å². The summed E-state index contributed by atoms with van der Waals surface area (Å²) < 4.78 is 4.77. The van der Waals surface area contributed by atoms with Gasteiger partial charge in [0.25, 0.3) is 0 Å². The number of nitrogens with one attached hydrogen (secondary N) is 1. The fourth-order valence-corrected chi connectivity index (χ4v) is 3.56. The Morgan fingerprint density at radius 3 is 2.57 bits per heavy atom. The first-order chi connectivity index (χ1) is 10.2. The van der Waals surface area contributed by atoms with Gasteiger partial charge in [-0.3, -0.25) is 9.69 Å². The van der Waals surface area contributed by atoms with E-state index in [0.29, 0.717) is 6.54 Å². The van der Waals surface area contributed by atoms with Gasteiger partial charge in [-0.1, -0.05) is 25.7 Å². The first-order valence-electron chi connectivity index (χ1n) is 8.34. The molecule has 1 saturated heterocycles. The van der Waals surface area contributed by atoms with E-state index < -0.39 is 0 Å². The lowest BCUT2D eigenvalue weighted by Gasteiger charge is -2.33. The molecule has 0 aromatic carbocycles. The first kappa shape index (κ1) is 16.1. The Labute approximate surface area is 127 Å². The summed E-state index contributed by atoms with van der Waals surface area (Å²) in [5.74, 6) is 0.842. The number of ether oxygens (including phenoxy) is 1. The Balaban J connectivity index is 1.71. The van der Waals surface area contributed by atoms with Crippen molar-refractivity contribution in [2.24, 2.45) is 5.92 Å². The predicted molar refractivity (Wildman–Crippen MR) is 81.0 cm³/mol. The maximum Gasteiger partial charge on any atom is 0.410 e. The number of hydrogen-bond acceptors (Lipinski definition) is 3. The predicted octanol–water partition coefficient (Wildman–Crippen LogP) is 2.69. The third-order valence-corrected chi connectivity index (χ3v) is 4.78. The highest BCUT2D eigenvalue weighted by atomic mass is 16.5. The largest absolute Gasteiger partial charge is 0.453 e. The Morgan fingerprint density at radius 1 is 1.14 bits per heavy atom. The maximum absolute atomic E-state index is 12.3. The topological polar surface area (TPSA) is 58.6 Å². The zero-order valence-electron chi connectivity index (χ0n) is 13.1. The van der Waals surface area contributed by atoms with Crippen molar-refractivity contribution >= 4 is 12.0 Å². The van der Waals surface area contributed by atoms with Gasteiger partial charge in [0.2, 0.25) is 5.91 Å². The van der Waals surface area contributed by atoms with Gasteiger partial charge in [-0.2, -0.15) is 0 Å². The number of carbonyl (C=O) groups is 2. The Kier molecular flexibility index (Phi) is 6.33. The standard InChI is InChI=1S/C16H28N2O3/c1-21-16(20)18-12-5-4-10-14(18)15(19)17-11-6-9-13-7-2-3-8-13/h13-14H,2-12H2,1H3,(H,17,19). The van der Waals surface area contributed by atoms with Crippen LogP contribution < -0.4 is 5.32 Å². The van der Waals surface area contributed by atoms with Crippen LogP contribution in [0.3, 0.4) is 0 Å². The number of amides is 2. The van der Waals surface area contributed by atoms with Crippen LogP contribution in [0.15, 0.2) is 0 Å². The van der Waals surface area contributed by atoms with Crippen molar-refractivity contribution in [3.05, 3.63) is 0 Å². The molecule has 0 aromatic rings. The molecule has 1 aliphatic carbocycles. The average molecular weight is 296 g/mol. The van der Waals surface area contributed by atoms with Crippen LogP contribution in [0.1, 0.15) is 57.8 Å². The van der Waals surface area contributed by atoms with E-state index in [1.54, 1.807) is 4.90 Å². The summed E-state index contributed by atoms with van der Waals surface area (Å²) in [6.07, 6.45) is 9.99. The number of nitrogens with zero attached hydrogens (tertiary/aromatic N) is 1. The molecule has 2 rings (SSSR count). The van der Waals surface area contributed by atoms with Crippen LogP contribution in [0.4, 0.5) is 4.79 Å². The normalized spacial score (nSPS) is 23.1. The molecule has 1 N–H and O–H groups in total. The molecule has 21 heavy (non-hydrogen) atoms. The molecule has 2 amide bonds. The SMILES string of the molecule is COC(=O)N1CCCCC1C(=O)NCCCC1CCCC1. The van der Waals surface area contributed by atoms with Gasteiger partial charge < -0.3 is 10.1 Å². The molecular formula is C16H28N2O3. The Hall–Kier alpha value is -1.26. The third kappa shape index (κ3) is 4.61. The number of rotatable bonds is 5. The third-order valence-electron chi connectivity index (χ3n) is 4.78. The number of piperidine rings is 1. The summed E-state index contributed by atoms with van der Waals surface area (Å²) >= 11 is 0. The highest BCUT2D eigenvalue weighted by molar-refractivity contribution is 5.85. The summed E-state index contributed by atoms with van der Waals surface area (Å²) in [6, 6.07) is -0.349. The monoisotopic (exact) mass is 296 g/mol. The van der Waals surface area contributed by atoms with Crippen LogP contribution in [-0.2, 0) is 9.53 Å². The van der Waals surface area contributed by atoms with Crippen molar-refractivity contribution in [3.8, 4) is 0 Å². The van der Waals surface area contributed by atoms with Crippen molar-refractivity contribution in [2.45, 2.75) is 63.8 Å². The molecule has 0 spiro atoms. The van der Waals surface area contributed by atoms with E-state index >= 15 is 0 Å². The number of likely N-dealkylation sites (tertiary alicyclic amines) is 1. The van der Waals surface area contributed by atoms with E-state index in [4.69, 9.17) is 4.74 Å². The highest BCUT2D eigenvalue weighted by Gasteiger charge is 2.32. The van der Waals surface area contributed by atoms with Gasteiger partial charge in [0.05, 0.1) is 7.11 Å². The molecule has 1 unspecified atom stereocenters. The van der Waals surface area contributed by atoms with E-state index in [0.717, 1.165) is 38.1 Å². The van der Waals surface area contributed by atoms with Crippen molar-refractivity contribution in [2.75, 3.05) is 20.2 Å². The van der Waals surface area contributed by atoms with Gasteiger partial charge in [0, 0.05) is 13.1 Å².